The zero-order valence-corrected chi connectivity index (χ0v) is 22.1. The number of aromatic nitrogens is 3. The molecule has 1 unspecified atom stereocenters. The molecule has 10 nitrogen and oxygen atoms in total. The molecule has 1 saturated heterocycles. The maximum absolute atomic E-state index is 13.6. The Morgan fingerprint density at radius 2 is 1.74 bits per heavy atom. The summed E-state index contributed by atoms with van der Waals surface area (Å²) in [6.07, 6.45) is 0. The Labute approximate surface area is 227 Å². The van der Waals surface area contributed by atoms with Crippen LogP contribution in [0.1, 0.15) is 12.5 Å². The lowest BCUT2D eigenvalue weighted by molar-refractivity contribution is -0.139. The Bertz CT molecular complexity index is 1410. The number of carbonyl (C=O) groups excluding carboxylic acids is 2. The highest BCUT2D eigenvalue weighted by Gasteiger charge is 2.27. The van der Waals surface area contributed by atoms with Gasteiger partial charge in [-0.05, 0) is 61.0 Å². The highest BCUT2D eigenvalue weighted by atomic mass is 16.5. The number of hydrogen-bond acceptors (Lipinski definition) is 7. The highest BCUT2D eigenvalue weighted by Crippen LogP contribution is 2.21. The molecule has 1 atom stereocenters. The summed E-state index contributed by atoms with van der Waals surface area (Å²) in [4.78, 5) is 30.8. The van der Waals surface area contributed by atoms with Gasteiger partial charge in [-0.3, -0.25) is 9.59 Å². The monoisotopic (exact) mass is 528 g/mol. The van der Waals surface area contributed by atoms with E-state index in [0.717, 1.165) is 35.6 Å². The Morgan fingerprint density at radius 3 is 2.46 bits per heavy atom. The van der Waals surface area contributed by atoms with Gasteiger partial charge in [-0.25, -0.2) is 4.68 Å². The van der Waals surface area contributed by atoms with Crippen LogP contribution in [0, 0.1) is 0 Å². The van der Waals surface area contributed by atoms with E-state index in [1.54, 1.807) is 23.6 Å². The zero-order valence-electron chi connectivity index (χ0n) is 22.1. The molecule has 202 valence electrons. The largest absolute Gasteiger partial charge is 0.497 e. The van der Waals surface area contributed by atoms with Crippen molar-refractivity contribution in [1.82, 2.24) is 19.9 Å². The molecule has 1 aromatic heterocycles. The molecule has 0 saturated carbocycles. The van der Waals surface area contributed by atoms with E-state index in [0.29, 0.717) is 24.4 Å². The lowest BCUT2D eigenvalue weighted by Gasteiger charge is -2.29. The second kappa shape index (κ2) is 12.0. The van der Waals surface area contributed by atoms with Crippen LogP contribution in [-0.4, -0.2) is 71.2 Å². The summed E-state index contributed by atoms with van der Waals surface area (Å²) in [7, 11) is 1.60. The van der Waals surface area contributed by atoms with Crippen molar-refractivity contribution < 1.29 is 19.1 Å². The van der Waals surface area contributed by atoms with Crippen molar-refractivity contribution in [2.75, 3.05) is 43.6 Å². The Balaban J connectivity index is 1.32. The van der Waals surface area contributed by atoms with Gasteiger partial charge in [0.15, 0.2) is 0 Å². The van der Waals surface area contributed by atoms with Gasteiger partial charge in [0, 0.05) is 31.0 Å². The van der Waals surface area contributed by atoms with E-state index >= 15 is 0 Å². The van der Waals surface area contributed by atoms with E-state index in [1.807, 2.05) is 72.8 Å². The number of amides is 2. The average Bonchev–Trinajstić information content (AvgIpc) is 3.39. The molecular weight excluding hydrogens is 496 g/mol. The third-order valence-electron chi connectivity index (χ3n) is 6.90. The van der Waals surface area contributed by atoms with Gasteiger partial charge in [-0.15, -0.1) is 5.10 Å². The summed E-state index contributed by atoms with van der Waals surface area (Å²) in [5, 5.41) is 11.3. The first kappa shape index (κ1) is 26.2. The van der Waals surface area contributed by atoms with E-state index in [2.05, 4.69) is 20.5 Å². The van der Waals surface area contributed by atoms with Gasteiger partial charge in [0.25, 0.3) is 0 Å². The quantitative estimate of drug-likeness (QED) is 0.356. The molecule has 1 aliphatic rings. The minimum absolute atomic E-state index is 0.0392. The van der Waals surface area contributed by atoms with Gasteiger partial charge in [0.2, 0.25) is 11.8 Å². The van der Waals surface area contributed by atoms with E-state index in [1.165, 1.54) is 0 Å². The number of nitrogens with one attached hydrogen (secondary N) is 1. The smallest absolute Gasteiger partial charge is 0.246 e. The predicted molar refractivity (Wildman–Crippen MR) is 149 cm³/mol. The van der Waals surface area contributed by atoms with Crippen molar-refractivity contribution in [3.63, 3.8) is 0 Å². The van der Waals surface area contributed by atoms with Gasteiger partial charge in [-0.2, -0.15) is 0 Å². The first-order chi connectivity index (χ1) is 19.0. The zero-order chi connectivity index (χ0) is 27.2. The first-order valence-electron chi connectivity index (χ1n) is 13.0. The summed E-state index contributed by atoms with van der Waals surface area (Å²) >= 11 is 0. The third kappa shape index (κ3) is 6.18. The minimum atomic E-state index is -0.742. The van der Waals surface area contributed by atoms with Crippen LogP contribution in [0.3, 0.4) is 0 Å². The first-order valence-corrected chi connectivity index (χ1v) is 13.0. The van der Waals surface area contributed by atoms with Crippen LogP contribution < -0.4 is 15.0 Å². The van der Waals surface area contributed by atoms with Crippen LogP contribution in [0.5, 0.6) is 5.75 Å². The van der Waals surface area contributed by atoms with Crippen molar-refractivity contribution in [3.05, 3.63) is 78.4 Å². The fourth-order valence-electron chi connectivity index (χ4n) is 4.59. The summed E-state index contributed by atoms with van der Waals surface area (Å²) in [6, 6.07) is 21.9. The number of anilines is 2. The molecule has 0 aliphatic carbocycles. The molecule has 1 N–H and O–H groups in total. The van der Waals surface area contributed by atoms with Crippen LogP contribution in [0.2, 0.25) is 0 Å². The average molecular weight is 529 g/mol. The second-order valence-corrected chi connectivity index (χ2v) is 9.42. The van der Waals surface area contributed by atoms with E-state index in [4.69, 9.17) is 9.47 Å². The number of morpholine rings is 1. The number of nitrogens with zero attached hydrogens (tertiary/aromatic N) is 5. The SMILES string of the molecule is COc1ccc(CN(C(=O)Cn2nnc3ccccc32)C(C)C(=O)Nc2ccc(N3CCOCC3)cc2)cc1. The molecule has 2 amide bonds. The molecule has 1 fully saturated rings. The van der Waals surface area contributed by atoms with Crippen molar-refractivity contribution in [2.24, 2.45) is 0 Å². The van der Waals surface area contributed by atoms with Gasteiger partial charge >= 0.3 is 0 Å². The lowest BCUT2D eigenvalue weighted by Crippen LogP contribution is -2.46. The van der Waals surface area contributed by atoms with Crippen molar-refractivity contribution in [1.29, 1.82) is 0 Å². The fourth-order valence-corrected chi connectivity index (χ4v) is 4.59. The number of hydrogen-bond donors (Lipinski definition) is 1. The van der Waals surface area contributed by atoms with Crippen LogP contribution in [0.15, 0.2) is 72.8 Å². The van der Waals surface area contributed by atoms with E-state index in [-0.39, 0.29) is 24.9 Å². The molecule has 0 radical (unpaired) electrons. The number of carbonyl (C=O) groups is 2. The lowest BCUT2D eigenvalue weighted by atomic mass is 10.1. The molecule has 1 aliphatic heterocycles. The van der Waals surface area contributed by atoms with Gasteiger partial charge in [-0.1, -0.05) is 29.5 Å². The number of rotatable bonds is 9. The maximum Gasteiger partial charge on any atom is 0.246 e. The predicted octanol–water partition coefficient (Wildman–Crippen LogP) is 3.33. The van der Waals surface area contributed by atoms with Crippen molar-refractivity contribution in [2.45, 2.75) is 26.1 Å². The number of methoxy groups -OCH3 is 1. The van der Waals surface area contributed by atoms with Gasteiger partial charge in [0.1, 0.15) is 23.9 Å². The molecule has 2 heterocycles. The standard InChI is InChI=1S/C29H32N6O4/c1-21(29(37)30-23-9-11-24(12-10-23)33-15-17-39-18-16-33)34(19-22-7-13-25(38-2)14-8-22)28(36)20-35-27-6-4-3-5-26(27)31-32-35/h3-14,21H,15-20H2,1-2H3,(H,30,37). The van der Waals surface area contributed by atoms with Crippen LogP contribution in [0.4, 0.5) is 11.4 Å². The maximum atomic E-state index is 13.6. The summed E-state index contributed by atoms with van der Waals surface area (Å²) in [6.45, 7) is 5.04. The number of benzene rings is 3. The Morgan fingerprint density at radius 1 is 1.03 bits per heavy atom. The van der Waals surface area contributed by atoms with Crippen molar-refractivity contribution in [3.8, 4) is 5.75 Å². The molecule has 0 bridgehead atoms. The molecule has 10 heteroatoms. The number of ether oxygens (including phenoxy) is 2. The Kier molecular flexibility index (Phi) is 8.02. The highest BCUT2D eigenvalue weighted by molar-refractivity contribution is 5.97. The topological polar surface area (TPSA) is 102 Å². The Hall–Kier alpha value is -4.44. The normalized spacial score (nSPS) is 14.2. The summed E-state index contributed by atoms with van der Waals surface area (Å²) in [5.74, 6) is 0.197. The number of para-hydroxylation sites is 1. The molecular formula is C29H32N6O4. The summed E-state index contributed by atoms with van der Waals surface area (Å²) < 4.78 is 12.3. The van der Waals surface area contributed by atoms with E-state index in [9.17, 15) is 9.59 Å². The molecule has 5 rings (SSSR count). The molecule has 39 heavy (non-hydrogen) atoms. The van der Waals surface area contributed by atoms with E-state index < -0.39 is 6.04 Å². The van der Waals surface area contributed by atoms with Gasteiger partial charge < -0.3 is 24.6 Å². The molecule has 3 aromatic carbocycles. The minimum Gasteiger partial charge on any atom is -0.497 e. The van der Waals surface area contributed by atoms with Gasteiger partial charge in [0.05, 0.1) is 25.8 Å². The van der Waals surface area contributed by atoms with Crippen LogP contribution in [0.25, 0.3) is 11.0 Å². The summed E-state index contributed by atoms with van der Waals surface area (Å²) in [5.41, 5.74) is 4.09. The molecule has 0 spiro atoms. The number of fused-ring (bicyclic) bond motifs is 1. The van der Waals surface area contributed by atoms with Crippen molar-refractivity contribution >= 4 is 34.2 Å². The van der Waals surface area contributed by atoms with Crippen LogP contribution in [-0.2, 0) is 27.4 Å². The van der Waals surface area contributed by atoms with Crippen LogP contribution >= 0.6 is 0 Å². The fraction of sp³-hybridized carbons (Fsp3) is 0.310. The third-order valence-corrected chi connectivity index (χ3v) is 6.90. The second-order valence-electron chi connectivity index (χ2n) is 9.42. The molecule has 4 aromatic rings.